The lowest BCUT2D eigenvalue weighted by Gasteiger charge is -2.32. The molecule has 19 heavy (non-hydrogen) atoms. The number of nitrogens with zero attached hydrogens (tertiary/aromatic N) is 2. The Bertz CT molecular complexity index is 413. The molecule has 1 fully saturated rings. The van der Waals surface area contributed by atoms with Crippen LogP contribution in [0.5, 0.6) is 0 Å². The Labute approximate surface area is 112 Å². The van der Waals surface area contributed by atoms with Gasteiger partial charge in [0.25, 0.3) is 0 Å². The predicted molar refractivity (Wildman–Crippen MR) is 68.0 cm³/mol. The van der Waals surface area contributed by atoms with Gasteiger partial charge in [0.05, 0.1) is 12.3 Å². The van der Waals surface area contributed by atoms with Crippen molar-refractivity contribution in [3.05, 3.63) is 0 Å². The van der Waals surface area contributed by atoms with Gasteiger partial charge in [-0.15, -0.1) is 0 Å². The minimum absolute atomic E-state index is 0.0888. The van der Waals surface area contributed by atoms with Crippen LogP contribution in [-0.4, -0.2) is 52.6 Å². The fraction of sp³-hybridized carbons (Fsp3) is 0.750. The summed E-state index contributed by atoms with van der Waals surface area (Å²) in [6, 6.07) is 0. The molecular formula is C12H20N2O5. The molecule has 1 heterocycles. The van der Waals surface area contributed by atoms with E-state index in [0.717, 1.165) is 0 Å². The number of likely N-dealkylation sites (tertiary alicyclic amines) is 1. The number of hydrogen-bond acceptors (Lipinski definition) is 5. The third-order valence-electron chi connectivity index (χ3n) is 2.78. The van der Waals surface area contributed by atoms with Crippen LogP contribution in [0, 0.1) is 0 Å². The van der Waals surface area contributed by atoms with Crippen molar-refractivity contribution in [2.24, 2.45) is 5.16 Å². The van der Waals surface area contributed by atoms with Crippen molar-refractivity contribution in [1.29, 1.82) is 0 Å². The van der Waals surface area contributed by atoms with Crippen LogP contribution in [0.15, 0.2) is 5.16 Å². The lowest BCUT2D eigenvalue weighted by atomic mass is 9.99. The Kier molecular flexibility index (Phi) is 4.07. The van der Waals surface area contributed by atoms with Gasteiger partial charge >= 0.3 is 12.1 Å². The first kappa shape index (κ1) is 15.3. The second-order valence-corrected chi connectivity index (χ2v) is 5.66. The first-order valence-electron chi connectivity index (χ1n) is 5.93. The predicted octanol–water partition coefficient (Wildman–Crippen LogP) is 1.47. The Hall–Kier alpha value is -1.79. The minimum atomic E-state index is -1.36. The second kappa shape index (κ2) is 5.07. The van der Waals surface area contributed by atoms with Crippen LogP contribution in [0.3, 0.4) is 0 Å². The average Bonchev–Trinajstić information content (AvgIpc) is 2.55. The van der Waals surface area contributed by atoms with Crippen molar-refractivity contribution in [1.82, 2.24) is 4.90 Å². The summed E-state index contributed by atoms with van der Waals surface area (Å²) < 4.78 is 5.22. The number of aliphatic carboxylic acids is 1. The van der Waals surface area contributed by atoms with E-state index in [9.17, 15) is 14.7 Å². The molecule has 7 nitrogen and oxygen atoms in total. The van der Waals surface area contributed by atoms with Crippen LogP contribution in [0.4, 0.5) is 4.79 Å². The number of carboxylic acid groups (broad SMARTS) is 1. The highest BCUT2D eigenvalue weighted by molar-refractivity contribution is 6.00. The maximum absolute atomic E-state index is 12.1. The fourth-order valence-electron chi connectivity index (χ4n) is 1.87. The standard InChI is InChI=1S/C12H20N2O5/c1-11(2,3)19-10(17)14-7-8(13-18-5)6-12(14,4)9(15)16/h6-7H2,1-5H3,(H,15,16)/b13-8+/t12-/m0/s1. The number of carbonyl (C=O) groups excluding carboxylic acids is 1. The monoisotopic (exact) mass is 272 g/mol. The molecule has 1 rings (SSSR count). The molecule has 0 aromatic heterocycles. The van der Waals surface area contributed by atoms with E-state index in [-0.39, 0.29) is 13.0 Å². The molecule has 0 unspecified atom stereocenters. The van der Waals surface area contributed by atoms with E-state index < -0.39 is 23.2 Å². The van der Waals surface area contributed by atoms with Crippen LogP contribution in [0.25, 0.3) is 0 Å². The van der Waals surface area contributed by atoms with Crippen LogP contribution in [0.1, 0.15) is 34.1 Å². The van der Waals surface area contributed by atoms with E-state index in [1.54, 1.807) is 20.8 Å². The summed E-state index contributed by atoms with van der Waals surface area (Å²) in [7, 11) is 1.38. The molecule has 0 aromatic carbocycles. The maximum Gasteiger partial charge on any atom is 0.411 e. The van der Waals surface area contributed by atoms with Gasteiger partial charge in [0.15, 0.2) is 0 Å². The Morgan fingerprint density at radius 3 is 2.42 bits per heavy atom. The summed E-state index contributed by atoms with van der Waals surface area (Å²) in [5.74, 6) is -1.10. The lowest BCUT2D eigenvalue weighted by molar-refractivity contribution is -0.148. The van der Waals surface area contributed by atoms with Gasteiger partial charge in [-0.3, -0.25) is 4.90 Å². The summed E-state index contributed by atoms with van der Waals surface area (Å²) in [6.45, 7) is 6.73. The Balaban J connectivity index is 2.99. The molecule has 0 aromatic rings. The van der Waals surface area contributed by atoms with Gasteiger partial charge in [0.2, 0.25) is 0 Å². The van der Waals surface area contributed by atoms with Gasteiger partial charge in [-0.05, 0) is 27.7 Å². The zero-order chi connectivity index (χ0) is 14.8. The van der Waals surface area contributed by atoms with Crippen LogP contribution in [-0.2, 0) is 14.4 Å². The zero-order valence-electron chi connectivity index (χ0n) is 11.9. The van der Waals surface area contributed by atoms with Crippen molar-refractivity contribution in [3.8, 4) is 0 Å². The SMILES string of the molecule is CO/N=C1/CN(C(=O)OC(C)(C)C)[C@](C)(C(=O)O)C1. The zero-order valence-corrected chi connectivity index (χ0v) is 11.9. The highest BCUT2D eigenvalue weighted by Gasteiger charge is 2.50. The lowest BCUT2D eigenvalue weighted by Crippen LogP contribution is -2.52. The number of oxime groups is 1. The molecule has 1 amide bonds. The van der Waals surface area contributed by atoms with Gasteiger partial charge in [-0.1, -0.05) is 5.16 Å². The van der Waals surface area contributed by atoms with E-state index >= 15 is 0 Å². The molecule has 7 heteroatoms. The molecule has 1 aliphatic rings. The van der Waals surface area contributed by atoms with Gasteiger partial charge in [0, 0.05) is 6.42 Å². The van der Waals surface area contributed by atoms with E-state index in [4.69, 9.17) is 4.74 Å². The Morgan fingerprint density at radius 2 is 2.00 bits per heavy atom. The summed E-state index contributed by atoms with van der Waals surface area (Å²) in [5, 5.41) is 13.1. The molecule has 1 aliphatic heterocycles. The van der Waals surface area contributed by atoms with Crippen molar-refractivity contribution in [3.63, 3.8) is 0 Å². The minimum Gasteiger partial charge on any atom is -0.479 e. The van der Waals surface area contributed by atoms with E-state index in [0.29, 0.717) is 5.71 Å². The number of hydrogen-bond donors (Lipinski definition) is 1. The smallest absolute Gasteiger partial charge is 0.411 e. The molecule has 0 bridgehead atoms. The first-order valence-corrected chi connectivity index (χ1v) is 5.93. The number of rotatable bonds is 2. The molecule has 108 valence electrons. The molecule has 0 aliphatic carbocycles. The molecule has 1 saturated heterocycles. The van der Waals surface area contributed by atoms with Crippen molar-refractivity contribution >= 4 is 17.8 Å². The van der Waals surface area contributed by atoms with E-state index in [2.05, 4.69) is 9.99 Å². The normalized spacial score (nSPS) is 25.5. The third kappa shape index (κ3) is 3.36. The highest BCUT2D eigenvalue weighted by atomic mass is 16.6. The third-order valence-corrected chi connectivity index (χ3v) is 2.78. The maximum atomic E-state index is 12.1. The topological polar surface area (TPSA) is 88.4 Å². The van der Waals surface area contributed by atoms with Crippen molar-refractivity contribution in [2.45, 2.75) is 45.3 Å². The summed E-state index contributed by atoms with van der Waals surface area (Å²) in [6.07, 6.45) is -0.547. The molecular weight excluding hydrogens is 252 g/mol. The summed E-state index contributed by atoms with van der Waals surface area (Å²) in [5.41, 5.74) is -1.55. The first-order chi connectivity index (χ1) is 8.60. The van der Waals surface area contributed by atoms with Gasteiger partial charge in [-0.2, -0.15) is 0 Å². The van der Waals surface area contributed by atoms with Gasteiger partial charge in [-0.25, -0.2) is 9.59 Å². The van der Waals surface area contributed by atoms with Gasteiger partial charge < -0.3 is 14.7 Å². The molecule has 0 radical (unpaired) electrons. The summed E-state index contributed by atoms with van der Waals surface area (Å²) in [4.78, 5) is 29.3. The largest absolute Gasteiger partial charge is 0.479 e. The number of carboxylic acids is 1. The van der Waals surface area contributed by atoms with E-state index in [1.165, 1.54) is 18.9 Å². The van der Waals surface area contributed by atoms with E-state index in [1.807, 2.05) is 0 Å². The Morgan fingerprint density at radius 1 is 1.42 bits per heavy atom. The van der Waals surface area contributed by atoms with Crippen LogP contribution < -0.4 is 0 Å². The molecule has 0 saturated carbocycles. The number of ether oxygens (including phenoxy) is 1. The number of amides is 1. The second-order valence-electron chi connectivity index (χ2n) is 5.66. The van der Waals surface area contributed by atoms with Crippen molar-refractivity contribution in [2.75, 3.05) is 13.7 Å². The van der Waals surface area contributed by atoms with Crippen LogP contribution in [0.2, 0.25) is 0 Å². The van der Waals surface area contributed by atoms with Gasteiger partial charge in [0.1, 0.15) is 18.2 Å². The molecule has 0 spiro atoms. The molecule has 1 atom stereocenters. The highest BCUT2D eigenvalue weighted by Crippen LogP contribution is 2.29. The summed E-state index contributed by atoms with van der Waals surface area (Å²) >= 11 is 0. The fourth-order valence-corrected chi connectivity index (χ4v) is 1.87. The average molecular weight is 272 g/mol. The van der Waals surface area contributed by atoms with Crippen LogP contribution >= 0.6 is 0 Å². The van der Waals surface area contributed by atoms with Crippen molar-refractivity contribution < 1.29 is 24.3 Å². The quantitative estimate of drug-likeness (QED) is 0.769. The molecule has 1 N–H and O–H groups in total. The number of carbonyl (C=O) groups is 2.